The van der Waals surface area contributed by atoms with Crippen molar-refractivity contribution in [1.29, 1.82) is 0 Å². The summed E-state index contributed by atoms with van der Waals surface area (Å²) in [5.41, 5.74) is 0. The molecule has 1 rings (SSSR count). The lowest BCUT2D eigenvalue weighted by Crippen LogP contribution is -2.19. The molecule has 0 radical (unpaired) electrons. The Morgan fingerprint density at radius 1 is 1.33 bits per heavy atom. The van der Waals surface area contributed by atoms with Gasteiger partial charge in [-0.05, 0) is 0 Å². The van der Waals surface area contributed by atoms with Crippen molar-refractivity contribution in [2.24, 2.45) is 0 Å². The molecule has 0 bridgehead atoms. The predicted molar refractivity (Wildman–Crippen MR) is 40.0 cm³/mol. The molecule has 1 N–H and O–H groups in total. The number of amides is 2. The fourth-order valence-corrected chi connectivity index (χ4v) is 0.356. The van der Waals surface area contributed by atoms with Crippen LogP contribution >= 0.6 is 0 Å². The second kappa shape index (κ2) is 5.06. The molecule has 1 aliphatic rings. The molecule has 0 aliphatic carbocycles. The normalized spacial score (nSPS) is 13.2. The summed E-state index contributed by atoms with van der Waals surface area (Å²) in [6.45, 7) is 1.36. The molecule has 0 aromatic rings. The summed E-state index contributed by atoms with van der Waals surface area (Å²) in [6, 6.07) is 0. The zero-order valence-corrected chi connectivity index (χ0v) is 6.79. The first-order valence-corrected chi connectivity index (χ1v) is 3.14. The van der Waals surface area contributed by atoms with E-state index in [1.54, 1.807) is 0 Å². The van der Waals surface area contributed by atoms with Gasteiger partial charge in [-0.15, -0.1) is 0 Å². The smallest absolute Gasteiger partial charge is 0.302 e. The number of carbonyl (C=O) groups excluding carboxylic acids is 3. The fraction of sp³-hybridized carbons (Fsp3) is 0.286. The Hall–Kier alpha value is -1.65. The van der Waals surface area contributed by atoms with Crippen LogP contribution in [0.1, 0.15) is 6.92 Å². The molecule has 1 aliphatic heterocycles. The van der Waals surface area contributed by atoms with Crippen molar-refractivity contribution in [2.75, 3.05) is 7.11 Å². The van der Waals surface area contributed by atoms with Gasteiger partial charge in [0.25, 0.3) is 11.8 Å². The summed E-state index contributed by atoms with van der Waals surface area (Å²) in [5.74, 6) is -0.903. The largest absolute Gasteiger partial charge is 0.469 e. The molecule has 2 amide bonds. The number of rotatable bonds is 0. The van der Waals surface area contributed by atoms with E-state index in [0.717, 1.165) is 0 Å². The van der Waals surface area contributed by atoms with Crippen molar-refractivity contribution < 1.29 is 19.1 Å². The van der Waals surface area contributed by atoms with Crippen molar-refractivity contribution in [3.05, 3.63) is 12.2 Å². The van der Waals surface area contributed by atoms with Crippen LogP contribution in [0.15, 0.2) is 12.2 Å². The molecule has 5 heteroatoms. The zero-order valence-electron chi connectivity index (χ0n) is 6.79. The van der Waals surface area contributed by atoms with Crippen LogP contribution in [0.2, 0.25) is 0 Å². The molecule has 0 aromatic heterocycles. The molecule has 66 valence electrons. The van der Waals surface area contributed by atoms with Crippen molar-refractivity contribution in [3.63, 3.8) is 0 Å². The molecule has 0 saturated heterocycles. The highest BCUT2D eigenvalue weighted by molar-refractivity contribution is 6.12. The van der Waals surface area contributed by atoms with Gasteiger partial charge in [-0.3, -0.25) is 19.7 Å². The Kier molecular flexibility index (Phi) is 4.36. The lowest BCUT2D eigenvalue weighted by Gasteiger charge is -1.80. The highest BCUT2D eigenvalue weighted by atomic mass is 16.5. The van der Waals surface area contributed by atoms with E-state index in [1.807, 2.05) is 5.32 Å². The maximum Gasteiger partial charge on any atom is 0.302 e. The molecule has 0 spiro atoms. The van der Waals surface area contributed by atoms with Crippen molar-refractivity contribution in [3.8, 4) is 0 Å². The maximum atomic E-state index is 10.0. The van der Waals surface area contributed by atoms with Gasteiger partial charge < -0.3 is 4.74 Å². The van der Waals surface area contributed by atoms with Crippen LogP contribution < -0.4 is 5.32 Å². The first-order valence-electron chi connectivity index (χ1n) is 3.14. The summed E-state index contributed by atoms with van der Waals surface area (Å²) in [4.78, 5) is 29.7. The van der Waals surface area contributed by atoms with Crippen molar-refractivity contribution in [2.45, 2.75) is 6.92 Å². The number of hydrogen-bond acceptors (Lipinski definition) is 4. The molecule has 12 heavy (non-hydrogen) atoms. The summed E-state index contributed by atoms with van der Waals surface area (Å²) in [6.07, 6.45) is 2.39. The van der Waals surface area contributed by atoms with Gasteiger partial charge in [0.2, 0.25) is 0 Å². The van der Waals surface area contributed by atoms with E-state index in [4.69, 9.17) is 0 Å². The first kappa shape index (κ1) is 10.3. The molecule has 0 atom stereocenters. The van der Waals surface area contributed by atoms with Crippen LogP contribution in [0, 0.1) is 0 Å². The number of imide groups is 1. The van der Waals surface area contributed by atoms with Gasteiger partial charge in [0.05, 0.1) is 7.11 Å². The number of carbonyl (C=O) groups is 3. The average molecular weight is 171 g/mol. The lowest BCUT2D eigenvalue weighted by atomic mass is 10.6. The predicted octanol–water partition coefficient (Wildman–Crippen LogP) is -0.622. The lowest BCUT2D eigenvalue weighted by molar-refractivity contribution is -0.138. The summed E-state index contributed by atoms with van der Waals surface area (Å²) in [5, 5.41) is 2.03. The second-order valence-electron chi connectivity index (χ2n) is 1.88. The monoisotopic (exact) mass is 171 g/mol. The van der Waals surface area contributed by atoms with Crippen LogP contribution in [0.3, 0.4) is 0 Å². The maximum absolute atomic E-state index is 10.0. The summed E-state index contributed by atoms with van der Waals surface area (Å²) >= 11 is 0. The minimum absolute atomic E-state index is 0.245. The average Bonchev–Trinajstić information content (AvgIpc) is 2.36. The van der Waals surface area contributed by atoms with E-state index in [1.165, 1.54) is 26.2 Å². The number of esters is 1. The second-order valence-corrected chi connectivity index (χ2v) is 1.88. The Labute approximate surface area is 69.4 Å². The van der Waals surface area contributed by atoms with Crippen molar-refractivity contribution in [1.82, 2.24) is 5.32 Å². The number of ether oxygens (including phenoxy) is 1. The number of nitrogens with one attached hydrogen (secondary N) is 1. The van der Waals surface area contributed by atoms with E-state index < -0.39 is 0 Å². The van der Waals surface area contributed by atoms with Gasteiger partial charge in [0.15, 0.2) is 0 Å². The Morgan fingerprint density at radius 2 is 1.67 bits per heavy atom. The molecular formula is C7H9NO4. The first-order chi connectivity index (χ1) is 5.56. The Balaban J connectivity index is 0.000000217. The van der Waals surface area contributed by atoms with E-state index in [2.05, 4.69) is 4.74 Å². The van der Waals surface area contributed by atoms with Crippen molar-refractivity contribution >= 4 is 17.8 Å². The molecule has 0 aromatic carbocycles. The Morgan fingerprint density at radius 3 is 1.75 bits per heavy atom. The van der Waals surface area contributed by atoms with Crippen LogP contribution in [-0.2, 0) is 19.1 Å². The molecule has 0 saturated carbocycles. The number of methoxy groups -OCH3 is 1. The van der Waals surface area contributed by atoms with E-state index in [9.17, 15) is 14.4 Å². The van der Waals surface area contributed by atoms with E-state index in [0.29, 0.717) is 0 Å². The van der Waals surface area contributed by atoms with Gasteiger partial charge in [0, 0.05) is 19.1 Å². The van der Waals surface area contributed by atoms with Crippen LogP contribution in [0.25, 0.3) is 0 Å². The minimum atomic E-state index is -0.329. The van der Waals surface area contributed by atoms with Crippen LogP contribution in [-0.4, -0.2) is 24.9 Å². The van der Waals surface area contributed by atoms with Crippen LogP contribution in [0.5, 0.6) is 0 Å². The fourth-order valence-electron chi connectivity index (χ4n) is 0.356. The summed E-state index contributed by atoms with van der Waals surface area (Å²) in [7, 11) is 1.35. The van der Waals surface area contributed by atoms with Gasteiger partial charge in [-0.25, -0.2) is 0 Å². The van der Waals surface area contributed by atoms with Gasteiger partial charge in [0.1, 0.15) is 0 Å². The third kappa shape index (κ3) is 5.16. The zero-order chi connectivity index (χ0) is 9.56. The topological polar surface area (TPSA) is 72.5 Å². The third-order valence-electron chi connectivity index (χ3n) is 0.920. The van der Waals surface area contributed by atoms with E-state index in [-0.39, 0.29) is 17.8 Å². The standard InChI is InChI=1S/C4H3NO2.C3H6O2/c6-3-1-2-4(7)5-3;1-3(4)5-2/h1-2H,(H,5,6,7);1-2H3. The number of hydrogen-bond donors (Lipinski definition) is 1. The highest BCUT2D eigenvalue weighted by Gasteiger charge is 2.06. The van der Waals surface area contributed by atoms with Gasteiger partial charge in [-0.1, -0.05) is 0 Å². The molecular weight excluding hydrogens is 162 g/mol. The molecule has 5 nitrogen and oxygen atoms in total. The third-order valence-corrected chi connectivity index (χ3v) is 0.920. The van der Waals surface area contributed by atoms with Gasteiger partial charge in [-0.2, -0.15) is 0 Å². The van der Waals surface area contributed by atoms with Crippen LogP contribution in [0.4, 0.5) is 0 Å². The Bertz CT molecular complexity index is 216. The quantitative estimate of drug-likeness (QED) is 0.389. The molecule has 0 fully saturated rings. The minimum Gasteiger partial charge on any atom is -0.469 e. The SMILES string of the molecule is COC(C)=O.O=C1C=CC(=O)N1. The summed E-state index contributed by atoms with van der Waals surface area (Å²) < 4.78 is 4.11. The van der Waals surface area contributed by atoms with E-state index >= 15 is 0 Å². The van der Waals surface area contributed by atoms with Gasteiger partial charge >= 0.3 is 5.97 Å². The highest BCUT2D eigenvalue weighted by Crippen LogP contribution is 1.82. The molecule has 0 unspecified atom stereocenters. The molecule has 1 heterocycles.